The van der Waals surface area contributed by atoms with Crippen LogP contribution in [0, 0.1) is 5.82 Å². The average Bonchev–Trinajstić information content (AvgIpc) is 3.18. The summed E-state index contributed by atoms with van der Waals surface area (Å²) in [6.45, 7) is 1.25. The van der Waals surface area contributed by atoms with Crippen LogP contribution in [0.15, 0.2) is 83.9 Å². The third-order valence-corrected chi connectivity index (χ3v) is 7.83. The Balaban J connectivity index is 1.44. The fraction of sp³-hybridized carbons (Fsp3) is 0.192. The number of nitrogens with zero attached hydrogens (tertiary/aromatic N) is 2. The fourth-order valence-corrected chi connectivity index (χ4v) is 6.04. The highest BCUT2D eigenvalue weighted by Crippen LogP contribution is 2.29. The molecule has 0 spiro atoms. The molecule has 7 heteroatoms. The number of fused-ring (bicyclic) bond motifs is 2. The number of rotatable bonds is 5. The maximum absolute atomic E-state index is 13.6. The number of hydrogen-bond acceptors (Lipinski definition) is 3. The highest BCUT2D eigenvalue weighted by atomic mass is 32.2. The molecule has 168 valence electrons. The van der Waals surface area contributed by atoms with Gasteiger partial charge < -0.3 is 9.47 Å². The van der Waals surface area contributed by atoms with E-state index in [1.165, 1.54) is 30.0 Å². The van der Waals surface area contributed by atoms with Crippen molar-refractivity contribution in [2.75, 3.05) is 6.54 Å². The summed E-state index contributed by atoms with van der Waals surface area (Å²) in [5, 5.41) is 0.561. The topological polar surface area (TPSA) is 59.4 Å². The van der Waals surface area contributed by atoms with Crippen molar-refractivity contribution in [2.45, 2.75) is 30.2 Å². The summed E-state index contributed by atoms with van der Waals surface area (Å²) in [6, 6.07) is 20.9. The molecule has 0 aliphatic carbocycles. The molecule has 5 rings (SSSR count). The average molecular weight is 463 g/mol. The van der Waals surface area contributed by atoms with E-state index in [9.17, 15) is 17.6 Å². The van der Waals surface area contributed by atoms with Gasteiger partial charge >= 0.3 is 0 Å². The number of para-hydroxylation sites is 1. The zero-order valence-electron chi connectivity index (χ0n) is 17.9. The molecular formula is C26H23FN2O3S. The molecular weight excluding hydrogens is 439 g/mol. The first-order valence-electron chi connectivity index (χ1n) is 10.8. The lowest BCUT2D eigenvalue weighted by atomic mass is 10.00. The van der Waals surface area contributed by atoms with Gasteiger partial charge in [0.25, 0.3) is 0 Å². The van der Waals surface area contributed by atoms with Crippen LogP contribution >= 0.6 is 0 Å². The normalized spacial score (nSPS) is 13.8. The molecule has 0 bridgehead atoms. The van der Waals surface area contributed by atoms with Crippen molar-refractivity contribution in [3.63, 3.8) is 0 Å². The van der Waals surface area contributed by atoms with Crippen molar-refractivity contribution >= 4 is 26.6 Å². The molecule has 0 radical (unpaired) electrons. The summed E-state index contributed by atoms with van der Waals surface area (Å²) >= 11 is 0. The van der Waals surface area contributed by atoms with Crippen molar-refractivity contribution in [2.24, 2.45) is 0 Å². The minimum Gasteiger partial charge on any atom is -0.337 e. The second kappa shape index (κ2) is 8.48. The molecule has 3 aromatic carbocycles. The van der Waals surface area contributed by atoms with Crippen LogP contribution in [0.5, 0.6) is 0 Å². The maximum atomic E-state index is 13.6. The van der Waals surface area contributed by atoms with E-state index >= 15 is 0 Å². The third kappa shape index (κ3) is 4.28. The van der Waals surface area contributed by atoms with E-state index in [4.69, 9.17) is 0 Å². The van der Waals surface area contributed by atoms with Crippen LogP contribution in [0.2, 0.25) is 0 Å². The van der Waals surface area contributed by atoms with Gasteiger partial charge in [0.15, 0.2) is 9.84 Å². The number of sulfone groups is 1. The molecule has 1 amide bonds. The quantitative estimate of drug-likeness (QED) is 0.443. The lowest BCUT2D eigenvalue weighted by Crippen LogP contribution is -2.37. The van der Waals surface area contributed by atoms with Gasteiger partial charge in [0.2, 0.25) is 5.91 Å². The third-order valence-electron chi connectivity index (χ3n) is 6.12. The summed E-state index contributed by atoms with van der Waals surface area (Å²) in [5.74, 6) is -0.839. The molecule has 4 aromatic rings. The molecule has 0 atom stereocenters. The Morgan fingerprint density at radius 2 is 1.70 bits per heavy atom. The standard InChI is InChI=1S/C26H23FN2O3S/c27-22-9-5-6-19(14-22)18-33(31,32)25-16-29(24-11-4-3-10-23(24)25)17-26(30)28-13-12-20-7-1-2-8-21(20)15-28/h1-11,14,16H,12-13,15,17-18H2. The van der Waals surface area contributed by atoms with Gasteiger partial charge in [-0.25, -0.2) is 12.8 Å². The molecule has 0 N–H and O–H groups in total. The molecule has 0 unspecified atom stereocenters. The Bertz CT molecular complexity index is 1460. The van der Waals surface area contributed by atoms with Crippen LogP contribution in [0.25, 0.3) is 10.9 Å². The van der Waals surface area contributed by atoms with Crippen LogP contribution in [-0.4, -0.2) is 30.3 Å². The monoisotopic (exact) mass is 462 g/mol. The van der Waals surface area contributed by atoms with E-state index in [2.05, 4.69) is 6.07 Å². The molecule has 5 nitrogen and oxygen atoms in total. The largest absolute Gasteiger partial charge is 0.337 e. The minimum absolute atomic E-state index is 0.0537. The van der Waals surface area contributed by atoms with E-state index in [1.54, 1.807) is 22.8 Å². The lowest BCUT2D eigenvalue weighted by molar-refractivity contribution is -0.132. The van der Waals surface area contributed by atoms with Gasteiger partial charge in [0.05, 0.1) is 10.6 Å². The molecule has 1 aliphatic heterocycles. The molecule has 33 heavy (non-hydrogen) atoms. The first-order chi connectivity index (χ1) is 15.9. The number of aromatic nitrogens is 1. The predicted molar refractivity (Wildman–Crippen MR) is 125 cm³/mol. The van der Waals surface area contributed by atoms with Crippen LogP contribution in [-0.2, 0) is 39.9 Å². The van der Waals surface area contributed by atoms with Crippen LogP contribution < -0.4 is 0 Å². The lowest BCUT2D eigenvalue weighted by Gasteiger charge is -2.29. The van der Waals surface area contributed by atoms with Gasteiger partial charge in [-0.2, -0.15) is 0 Å². The van der Waals surface area contributed by atoms with Gasteiger partial charge in [0, 0.05) is 30.2 Å². The molecule has 2 heterocycles. The molecule has 1 aliphatic rings. The second-order valence-electron chi connectivity index (χ2n) is 8.36. The Kier molecular flexibility index (Phi) is 5.50. The fourth-order valence-electron chi connectivity index (χ4n) is 4.47. The van der Waals surface area contributed by atoms with Gasteiger partial charge in [-0.05, 0) is 41.3 Å². The first-order valence-corrected chi connectivity index (χ1v) is 12.5. The van der Waals surface area contributed by atoms with Gasteiger partial charge in [-0.3, -0.25) is 4.79 Å². The highest BCUT2D eigenvalue weighted by molar-refractivity contribution is 7.90. The van der Waals surface area contributed by atoms with E-state index in [-0.39, 0.29) is 23.1 Å². The zero-order valence-corrected chi connectivity index (χ0v) is 18.8. The van der Waals surface area contributed by atoms with Crippen LogP contribution in [0.3, 0.4) is 0 Å². The Labute approximate surface area is 192 Å². The van der Waals surface area contributed by atoms with Gasteiger partial charge in [-0.1, -0.05) is 54.6 Å². The van der Waals surface area contributed by atoms with Crippen LogP contribution in [0.1, 0.15) is 16.7 Å². The number of halogens is 1. The SMILES string of the molecule is O=C(Cn1cc(S(=O)(=O)Cc2cccc(F)c2)c2ccccc21)N1CCc2ccccc2C1. The molecule has 1 aromatic heterocycles. The van der Waals surface area contributed by atoms with E-state index in [0.717, 1.165) is 12.0 Å². The minimum atomic E-state index is -3.75. The highest BCUT2D eigenvalue weighted by Gasteiger charge is 2.25. The smallest absolute Gasteiger partial charge is 0.242 e. The zero-order chi connectivity index (χ0) is 23.0. The summed E-state index contributed by atoms with van der Waals surface area (Å²) in [7, 11) is -3.75. The molecule has 0 saturated heterocycles. The van der Waals surface area contributed by atoms with Crippen molar-refractivity contribution < 1.29 is 17.6 Å². The summed E-state index contributed by atoms with van der Waals surface area (Å²) in [5.41, 5.74) is 3.47. The van der Waals surface area contributed by atoms with E-state index in [0.29, 0.717) is 29.6 Å². The Morgan fingerprint density at radius 1 is 0.939 bits per heavy atom. The molecule has 0 saturated carbocycles. The van der Waals surface area contributed by atoms with Crippen molar-refractivity contribution in [3.05, 3.63) is 102 Å². The number of carbonyl (C=O) groups is 1. The Morgan fingerprint density at radius 3 is 2.52 bits per heavy atom. The molecule has 0 fully saturated rings. The van der Waals surface area contributed by atoms with E-state index in [1.807, 2.05) is 35.2 Å². The van der Waals surface area contributed by atoms with Crippen molar-refractivity contribution in [1.82, 2.24) is 9.47 Å². The number of carbonyl (C=O) groups excluding carboxylic acids is 1. The number of benzene rings is 3. The Hall–Kier alpha value is -3.45. The second-order valence-corrected chi connectivity index (χ2v) is 10.3. The van der Waals surface area contributed by atoms with Gasteiger partial charge in [-0.15, -0.1) is 0 Å². The summed E-state index contributed by atoms with van der Waals surface area (Å²) in [4.78, 5) is 15.1. The number of hydrogen-bond donors (Lipinski definition) is 0. The maximum Gasteiger partial charge on any atom is 0.242 e. The number of amides is 1. The predicted octanol–water partition coefficient (Wildman–Crippen LogP) is 4.34. The van der Waals surface area contributed by atoms with Crippen molar-refractivity contribution in [3.8, 4) is 0 Å². The summed E-state index contributed by atoms with van der Waals surface area (Å²) in [6.07, 6.45) is 2.34. The van der Waals surface area contributed by atoms with E-state index < -0.39 is 15.7 Å². The van der Waals surface area contributed by atoms with Crippen LogP contribution in [0.4, 0.5) is 4.39 Å². The van der Waals surface area contributed by atoms with Crippen molar-refractivity contribution in [1.29, 1.82) is 0 Å². The summed E-state index contributed by atoms with van der Waals surface area (Å²) < 4.78 is 41.7. The van der Waals surface area contributed by atoms with Gasteiger partial charge in [0.1, 0.15) is 12.4 Å². The first kappa shape index (κ1) is 21.4.